The van der Waals surface area contributed by atoms with E-state index in [2.05, 4.69) is 20.5 Å². The average molecular weight is 393 g/mol. The minimum Gasteiger partial charge on any atom is -0.497 e. The van der Waals surface area contributed by atoms with E-state index in [0.29, 0.717) is 15.7 Å². The van der Waals surface area contributed by atoms with Crippen LogP contribution in [0.25, 0.3) is 10.6 Å². The summed E-state index contributed by atoms with van der Waals surface area (Å²) in [7, 11) is 1.63. The largest absolute Gasteiger partial charge is 0.497 e. The van der Waals surface area contributed by atoms with E-state index in [1.165, 1.54) is 22.7 Å². The van der Waals surface area contributed by atoms with Crippen LogP contribution in [-0.2, 0) is 0 Å². The first-order chi connectivity index (χ1) is 12.1. The van der Waals surface area contributed by atoms with E-state index in [1.807, 2.05) is 38.1 Å². The van der Waals surface area contributed by atoms with Crippen LogP contribution in [0.2, 0.25) is 0 Å². The summed E-state index contributed by atoms with van der Waals surface area (Å²) in [4.78, 5) is 17.6. The Hall–Kier alpha value is -1.97. The van der Waals surface area contributed by atoms with Crippen molar-refractivity contribution in [1.82, 2.24) is 15.2 Å². The molecule has 0 saturated carbocycles. The maximum absolute atomic E-state index is 12.5. The Morgan fingerprint density at radius 1 is 1.24 bits per heavy atom. The average Bonchev–Trinajstić information content (AvgIpc) is 3.22. The molecule has 1 aromatic carbocycles. The van der Waals surface area contributed by atoms with Gasteiger partial charge in [-0.2, -0.15) is 0 Å². The van der Waals surface area contributed by atoms with Crippen molar-refractivity contribution in [3.8, 4) is 16.3 Å². The van der Waals surface area contributed by atoms with Gasteiger partial charge in [0.2, 0.25) is 5.13 Å². The maximum atomic E-state index is 12.5. The first-order valence-electron chi connectivity index (χ1n) is 7.50. The standard InChI is InChI=1S/C16H16N4O2S3/c1-4-23-16-20-19-15(25-16)18-13(21)12-9(2)17-14(24-12)10-5-7-11(22-3)8-6-10/h5-8H,4H2,1-3H3,(H,18,19,21). The maximum Gasteiger partial charge on any atom is 0.269 e. The lowest BCUT2D eigenvalue weighted by molar-refractivity contribution is 0.102. The molecule has 6 nitrogen and oxygen atoms in total. The highest BCUT2D eigenvalue weighted by Gasteiger charge is 2.18. The highest BCUT2D eigenvalue weighted by molar-refractivity contribution is 8.01. The van der Waals surface area contributed by atoms with Crippen molar-refractivity contribution in [2.45, 2.75) is 18.2 Å². The fourth-order valence-corrected chi connectivity index (χ4v) is 4.67. The molecular weight excluding hydrogens is 376 g/mol. The first-order valence-corrected chi connectivity index (χ1v) is 10.1. The number of aromatic nitrogens is 3. The number of anilines is 1. The monoisotopic (exact) mass is 392 g/mol. The summed E-state index contributed by atoms with van der Waals surface area (Å²) < 4.78 is 6.01. The third-order valence-electron chi connectivity index (χ3n) is 3.23. The van der Waals surface area contributed by atoms with E-state index in [4.69, 9.17) is 4.74 Å². The molecule has 0 aliphatic heterocycles. The molecule has 9 heteroatoms. The second-order valence-corrected chi connectivity index (χ2v) is 8.41. The number of hydrogen-bond acceptors (Lipinski definition) is 8. The topological polar surface area (TPSA) is 77.0 Å². The van der Waals surface area contributed by atoms with Gasteiger partial charge >= 0.3 is 0 Å². The highest BCUT2D eigenvalue weighted by Crippen LogP contribution is 2.30. The molecule has 2 aromatic heterocycles. The van der Waals surface area contributed by atoms with Crippen molar-refractivity contribution in [2.24, 2.45) is 0 Å². The second kappa shape index (κ2) is 7.94. The number of carbonyl (C=O) groups excluding carboxylic acids is 1. The van der Waals surface area contributed by atoms with Crippen LogP contribution in [0.15, 0.2) is 28.6 Å². The molecule has 0 radical (unpaired) electrons. The number of methoxy groups -OCH3 is 1. The molecule has 0 spiro atoms. The highest BCUT2D eigenvalue weighted by atomic mass is 32.2. The summed E-state index contributed by atoms with van der Waals surface area (Å²) in [6.45, 7) is 3.88. The molecule has 1 N–H and O–H groups in total. The van der Waals surface area contributed by atoms with E-state index in [9.17, 15) is 4.79 Å². The van der Waals surface area contributed by atoms with Crippen LogP contribution in [0.5, 0.6) is 5.75 Å². The number of aryl methyl sites for hydroxylation is 1. The lowest BCUT2D eigenvalue weighted by atomic mass is 10.2. The SMILES string of the molecule is CCSc1nnc(NC(=O)c2sc(-c3ccc(OC)cc3)nc2C)s1. The second-order valence-electron chi connectivity index (χ2n) is 4.92. The minimum absolute atomic E-state index is 0.209. The van der Waals surface area contributed by atoms with Gasteiger partial charge in [-0.25, -0.2) is 4.98 Å². The number of ether oxygens (including phenoxy) is 1. The Labute approximate surface area is 157 Å². The molecule has 3 rings (SSSR count). The van der Waals surface area contributed by atoms with Gasteiger partial charge in [0, 0.05) is 5.56 Å². The lowest BCUT2D eigenvalue weighted by Gasteiger charge is -2.00. The van der Waals surface area contributed by atoms with Gasteiger partial charge in [-0.05, 0) is 36.9 Å². The van der Waals surface area contributed by atoms with Crippen molar-refractivity contribution < 1.29 is 9.53 Å². The number of carbonyl (C=O) groups is 1. The first kappa shape index (κ1) is 17.8. The zero-order chi connectivity index (χ0) is 17.8. The number of nitrogens with zero attached hydrogens (tertiary/aromatic N) is 3. The molecule has 0 saturated heterocycles. The molecule has 1 amide bonds. The van der Waals surface area contributed by atoms with Crippen LogP contribution in [0.1, 0.15) is 22.3 Å². The summed E-state index contributed by atoms with van der Waals surface area (Å²) in [5, 5.41) is 12.1. The number of nitrogens with one attached hydrogen (secondary N) is 1. The van der Waals surface area contributed by atoms with Gasteiger partial charge in [0.15, 0.2) is 4.34 Å². The molecule has 25 heavy (non-hydrogen) atoms. The van der Waals surface area contributed by atoms with Crippen molar-refractivity contribution in [1.29, 1.82) is 0 Å². The van der Waals surface area contributed by atoms with Gasteiger partial charge in [0.1, 0.15) is 15.6 Å². The number of rotatable bonds is 6. The van der Waals surface area contributed by atoms with Crippen LogP contribution < -0.4 is 10.1 Å². The fourth-order valence-electron chi connectivity index (χ4n) is 2.06. The van der Waals surface area contributed by atoms with E-state index >= 15 is 0 Å². The van der Waals surface area contributed by atoms with Gasteiger partial charge in [-0.15, -0.1) is 21.5 Å². The molecule has 0 unspecified atom stereocenters. The Morgan fingerprint density at radius 2 is 2.00 bits per heavy atom. The lowest BCUT2D eigenvalue weighted by Crippen LogP contribution is -2.11. The number of amides is 1. The van der Waals surface area contributed by atoms with Crippen molar-refractivity contribution in [3.63, 3.8) is 0 Å². The van der Waals surface area contributed by atoms with E-state index in [0.717, 1.165) is 26.4 Å². The Kier molecular flexibility index (Phi) is 5.67. The number of thioether (sulfide) groups is 1. The normalized spacial score (nSPS) is 10.7. The van der Waals surface area contributed by atoms with Gasteiger partial charge < -0.3 is 4.74 Å². The smallest absolute Gasteiger partial charge is 0.269 e. The predicted molar refractivity (Wildman–Crippen MR) is 103 cm³/mol. The van der Waals surface area contributed by atoms with Crippen LogP contribution in [-0.4, -0.2) is 34.0 Å². The summed E-state index contributed by atoms with van der Waals surface area (Å²) in [5.41, 5.74) is 1.64. The van der Waals surface area contributed by atoms with E-state index < -0.39 is 0 Å². The predicted octanol–water partition coefficient (Wildman–Crippen LogP) is 4.34. The van der Waals surface area contributed by atoms with Crippen molar-refractivity contribution in [2.75, 3.05) is 18.2 Å². The summed E-state index contributed by atoms with van der Waals surface area (Å²) >= 11 is 4.33. The summed E-state index contributed by atoms with van der Waals surface area (Å²) in [5.74, 6) is 1.49. The Morgan fingerprint density at radius 3 is 2.68 bits per heavy atom. The van der Waals surface area contributed by atoms with Crippen LogP contribution >= 0.6 is 34.4 Å². The third-order valence-corrected chi connectivity index (χ3v) is 6.29. The molecule has 130 valence electrons. The Balaban J connectivity index is 1.77. The number of thiazole rings is 1. The molecule has 2 heterocycles. The van der Waals surface area contributed by atoms with Crippen LogP contribution in [0.3, 0.4) is 0 Å². The summed E-state index contributed by atoms with van der Waals surface area (Å²) in [6.07, 6.45) is 0. The van der Waals surface area contributed by atoms with Crippen LogP contribution in [0, 0.1) is 6.92 Å². The molecule has 0 bridgehead atoms. The van der Waals surface area contributed by atoms with E-state index in [1.54, 1.807) is 18.9 Å². The zero-order valence-corrected chi connectivity index (χ0v) is 16.3. The minimum atomic E-state index is -0.209. The summed E-state index contributed by atoms with van der Waals surface area (Å²) in [6, 6.07) is 7.61. The van der Waals surface area contributed by atoms with Crippen molar-refractivity contribution >= 4 is 45.5 Å². The molecule has 0 aliphatic rings. The molecule has 0 atom stereocenters. The van der Waals surface area contributed by atoms with Crippen molar-refractivity contribution in [3.05, 3.63) is 34.8 Å². The Bertz CT molecular complexity index is 874. The zero-order valence-electron chi connectivity index (χ0n) is 13.9. The van der Waals surface area contributed by atoms with E-state index in [-0.39, 0.29) is 5.91 Å². The molecule has 0 fully saturated rings. The third kappa shape index (κ3) is 4.17. The number of benzene rings is 1. The number of hydrogen-bond donors (Lipinski definition) is 1. The van der Waals surface area contributed by atoms with Gasteiger partial charge in [0.05, 0.1) is 12.8 Å². The molecular formula is C16H16N4O2S3. The van der Waals surface area contributed by atoms with Gasteiger partial charge in [0.25, 0.3) is 5.91 Å². The quantitative estimate of drug-likeness (QED) is 0.497. The molecule has 3 aromatic rings. The molecule has 0 aliphatic carbocycles. The van der Waals surface area contributed by atoms with Gasteiger partial charge in [-0.1, -0.05) is 30.0 Å². The van der Waals surface area contributed by atoms with Gasteiger partial charge in [-0.3, -0.25) is 10.1 Å². The fraction of sp³-hybridized carbons (Fsp3) is 0.250. The van der Waals surface area contributed by atoms with Crippen LogP contribution in [0.4, 0.5) is 5.13 Å².